The number of hydrogen-bond donors (Lipinski definition) is 3. The van der Waals surface area contributed by atoms with Gasteiger partial charge in [0.1, 0.15) is 0 Å². The second-order valence-electron chi connectivity index (χ2n) is 7.83. The fourth-order valence-electron chi connectivity index (χ4n) is 3.69. The van der Waals surface area contributed by atoms with E-state index in [0.717, 1.165) is 43.0 Å². The van der Waals surface area contributed by atoms with Gasteiger partial charge in [-0.25, -0.2) is 13.1 Å². The molecule has 1 aliphatic rings. The van der Waals surface area contributed by atoms with Crippen LogP contribution in [-0.4, -0.2) is 51.4 Å². The molecule has 4 N–H and O–H groups in total. The minimum atomic E-state index is -3.40. The molecule has 0 aliphatic carbocycles. The quantitative estimate of drug-likeness (QED) is 0.429. The molecule has 162 valence electrons. The van der Waals surface area contributed by atoms with Crippen LogP contribution in [0.15, 0.2) is 29.3 Å². The summed E-state index contributed by atoms with van der Waals surface area (Å²) in [7, 11) is -1.68. The Morgan fingerprint density at radius 3 is 2.62 bits per heavy atom. The highest BCUT2D eigenvalue weighted by Crippen LogP contribution is 2.20. The maximum atomic E-state index is 12.3. The molecule has 0 aromatic heterocycles. The minimum Gasteiger partial charge on any atom is -0.370 e. The van der Waals surface area contributed by atoms with Gasteiger partial charge in [-0.2, -0.15) is 0 Å². The van der Waals surface area contributed by atoms with Crippen molar-refractivity contribution in [1.82, 2.24) is 14.9 Å². The van der Waals surface area contributed by atoms with E-state index >= 15 is 0 Å². The molecule has 8 nitrogen and oxygen atoms in total. The molecule has 0 radical (unpaired) electrons. The zero-order valence-electron chi connectivity index (χ0n) is 17.5. The van der Waals surface area contributed by atoms with Crippen LogP contribution in [0.5, 0.6) is 0 Å². The van der Waals surface area contributed by atoms with Gasteiger partial charge < -0.3 is 16.0 Å². The van der Waals surface area contributed by atoms with Gasteiger partial charge in [0.25, 0.3) is 0 Å². The summed E-state index contributed by atoms with van der Waals surface area (Å²) in [5.74, 6) is 0.646. The Morgan fingerprint density at radius 2 is 2.00 bits per heavy atom. The van der Waals surface area contributed by atoms with E-state index in [0.29, 0.717) is 13.0 Å². The zero-order chi connectivity index (χ0) is 21.4. The van der Waals surface area contributed by atoms with Gasteiger partial charge in [0.2, 0.25) is 15.9 Å². The first-order valence-corrected chi connectivity index (χ1v) is 11.7. The van der Waals surface area contributed by atoms with Crippen molar-refractivity contribution in [2.24, 2.45) is 16.6 Å². The number of sulfonamides is 1. The van der Waals surface area contributed by atoms with Crippen LogP contribution in [0.3, 0.4) is 0 Å². The predicted octanol–water partition coefficient (Wildman–Crippen LogP) is 1.18. The van der Waals surface area contributed by atoms with Crippen molar-refractivity contribution in [3.63, 3.8) is 0 Å². The number of primary amides is 1. The van der Waals surface area contributed by atoms with Gasteiger partial charge in [0, 0.05) is 39.1 Å². The first-order valence-electron chi connectivity index (χ1n) is 10.0. The number of rotatable bonds is 8. The first kappa shape index (κ1) is 23.2. The van der Waals surface area contributed by atoms with Crippen molar-refractivity contribution < 1.29 is 13.2 Å². The van der Waals surface area contributed by atoms with Gasteiger partial charge in [0.05, 0.1) is 5.75 Å². The van der Waals surface area contributed by atoms with Crippen LogP contribution in [0.1, 0.15) is 44.2 Å². The number of amides is 1. The molecule has 29 heavy (non-hydrogen) atoms. The number of guanidine groups is 1. The molecule has 1 aromatic carbocycles. The van der Waals surface area contributed by atoms with Crippen LogP contribution in [0.2, 0.25) is 0 Å². The van der Waals surface area contributed by atoms with Crippen LogP contribution < -0.4 is 15.8 Å². The molecule has 9 heteroatoms. The number of nitrogens with zero attached hydrogens (tertiary/aromatic N) is 2. The molecule has 1 fully saturated rings. The van der Waals surface area contributed by atoms with Crippen molar-refractivity contribution in [3.05, 3.63) is 35.4 Å². The van der Waals surface area contributed by atoms with Crippen LogP contribution in [0.4, 0.5) is 0 Å². The Hall–Kier alpha value is -2.13. The van der Waals surface area contributed by atoms with Gasteiger partial charge in [-0.3, -0.25) is 9.79 Å². The summed E-state index contributed by atoms with van der Waals surface area (Å²) >= 11 is 0. The third-order valence-corrected chi connectivity index (χ3v) is 6.36. The third-order valence-electron chi connectivity index (χ3n) is 4.84. The molecule has 0 saturated carbocycles. The maximum absolute atomic E-state index is 12.3. The van der Waals surface area contributed by atoms with Gasteiger partial charge in [0.15, 0.2) is 5.96 Å². The smallest absolute Gasteiger partial charge is 0.217 e. The SMILES string of the molecule is CN=C(NCc1ccccc1CS(=O)(=O)NC(C)C)N1CCCC(CC(N)=O)C1. The van der Waals surface area contributed by atoms with Crippen molar-refractivity contribution >= 4 is 21.9 Å². The lowest BCUT2D eigenvalue weighted by atomic mass is 9.95. The Labute approximate surface area is 174 Å². The number of carbonyl (C=O) groups excluding carboxylic acids is 1. The van der Waals surface area contributed by atoms with E-state index in [1.165, 1.54) is 0 Å². The number of likely N-dealkylation sites (tertiary alicyclic amines) is 1. The lowest BCUT2D eigenvalue weighted by molar-refractivity contribution is -0.119. The van der Waals surface area contributed by atoms with Crippen molar-refractivity contribution in [2.75, 3.05) is 20.1 Å². The average Bonchev–Trinajstić information content (AvgIpc) is 2.62. The van der Waals surface area contributed by atoms with Crippen LogP contribution in [0, 0.1) is 5.92 Å². The average molecular weight is 424 g/mol. The summed E-state index contributed by atoms with van der Waals surface area (Å²) in [6, 6.07) is 7.36. The summed E-state index contributed by atoms with van der Waals surface area (Å²) < 4.78 is 27.3. The molecular weight excluding hydrogens is 390 g/mol. The number of benzene rings is 1. The lowest BCUT2D eigenvalue weighted by Gasteiger charge is -2.34. The third kappa shape index (κ3) is 7.66. The summed E-state index contributed by atoms with van der Waals surface area (Å²) in [4.78, 5) is 17.8. The second-order valence-corrected chi connectivity index (χ2v) is 9.58. The number of carbonyl (C=O) groups is 1. The van der Waals surface area contributed by atoms with E-state index in [1.807, 2.05) is 24.3 Å². The second kappa shape index (κ2) is 10.6. The highest BCUT2D eigenvalue weighted by molar-refractivity contribution is 7.88. The van der Waals surface area contributed by atoms with Crippen LogP contribution in [-0.2, 0) is 27.1 Å². The fourth-order valence-corrected chi connectivity index (χ4v) is 5.18. The molecule has 1 heterocycles. The van der Waals surface area contributed by atoms with Gasteiger partial charge in [-0.1, -0.05) is 24.3 Å². The molecule has 1 amide bonds. The van der Waals surface area contributed by atoms with Gasteiger partial charge in [-0.15, -0.1) is 0 Å². The molecule has 2 rings (SSSR count). The summed E-state index contributed by atoms with van der Waals surface area (Å²) in [5, 5.41) is 3.34. The molecule has 1 saturated heterocycles. The summed E-state index contributed by atoms with van der Waals surface area (Å²) in [5.41, 5.74) is 7.02. The predicted molar refractivity (Wildman–Crippen MR) is 116 cm³/mol. The monoisotopic (exact) mass is 423 g/mol. The first-order chi connectivity index (χ1) is 13.7. The molecule has 0 bridgehead atoms. The Morgan fingerprint density at radius 1 is 1.31 bits per heavy atom. The highest BCUT2D eigenvalue weighted by atomic mass is 32.2. The Balaban J connectivity index is 2.04. The van der Waals surface area contributed by atoms with Gasteiger partial charge in [-0.05, 0) is 43.7 Å². The Bertz CT molecular complexity index is 823. The Kier molecular flexibility index (Phi) is 8.45. The number of aliphatic imine (C=N–C) groups is 1. The molecule has 1 aromatic rings. The molecular formula is C20H33N5O3S. The van der Waals surface area contributed by atoms with E-state index in [2.05, 4.69) is 19.9 Å². The summed E-state index contributed by atoms with van der Waals surface area (Å²) in [6.45, 7) is 5.68. The van der Waals surface area contributed by atoms with E-state index in [-0.39, 0.29) is 23.6 Å². The van der Waals surface area contributed by atoms with E-state index in [4.69, 9.17) is 5.73 Å². The highest BCUT2D eigenvalue weighted by Gasteiger charge is 2.23. The van der Waals surface area contributed by atoms with Crippen molar-refractivity contribution in [3.8, 4) is 0 Å². The fraction of sp³-hybridized carbons (Fsp3) is 0.600. The number of nitrogens with one attached hydrogen (secondary N) is 2. The van der Waals surface area contributed by atoms with Gasteiger partial charge >= 0.3 is 0 Å². The summed E-state index contributed by atoms with van der Waals surface area (Å²) in [6.07, 6.45) is 2.35. The standard InChI is InChI=1S/C20H33N5O3S/c1-15(2)24-29(27,28)14-18-9-5-4-8-17(18)12-23-20(22-3)25-10-6-7-16(13-25)11-19(21)26/h4-5,8-9,15-16,24H,6-7,10-14H2,1-3H3,(H2,21,26)(H,22,23). The van der Waals surface area contributed by atoms with E-state index < -0.39 is 10.0 Å². The van der Waals surface area contributed by atoms with E-state index in [1.54, 1.807) is 20.9 Å². The maximum Gasteiger partial charge on any atom is 0.217 e. The number of nitrogens with two attached hydrogens (primary N) is 1. The molecule has 0 spiro atoms. The normalized spacial score (nSPS) is 18.1. The van der Waals surface area contributed by atoms with E-state index in [9.17, 15) is 13.2 Å². The zero-order valence-corrected chi connectivity index (χ0v) is 18.3. The van der Waals surface area contributed by atoms with Crippen molar-refractivity contribution in [2.45, 2.75) is 51.4 Å². The molecule has 1 aliphatic heterocycles. The number of piperidine rings is 1. The van der Waals surface area contributed by atoms with Crippen LogP contribution >= 0.6 is 0 Å². The minimum absolute atomic E-state index is 0.0635. The van der Waals surface area contributed by atoms with Crippen molar-refractivity contribution in [1.29, 1.82) is 0 Å². The topological polar surface area (TPSA) is 117 Å². The molecule has 1 unspecified atom stereocenters. The van der Waals surface area contributed by atoms with Crippen LogP contribution in [0.25, 0.3) is 0 Å². The molecule has 1 atom stereocenters. The largest absolute Gasteiger partial charge is 0.370 e. The lowest BCUT2D eigenvalue weighted by Crippen LogP contribution is -2.47. The number of hydrogen-bond acceptors (Lipinski definition) is 4.